The standard InChI is InChI=1S/C23H28N6/c1-14-9-15(2)29(28-14)18-11-16(13-24)10-17(12-18)19-25-20(22(3,4)5)27-21(26-19)23(6,7)8/h9-12H,1-8H3. The number of rotatable bonds is 2. The van der Waals surface area contributed by atoms with E-state index in [0.29, 0.717) is 11.4 Å². The molecule has 0 aliphatic rings. The molecule has 0 unspecified atom stereocenters. The van der Waals surface area contributed by atoms with Gasteiger partial charge < -0.3 is 0 Å². The summed E-state index contributed by atoms with van der Waals surface area (Å²) in [6, 6.07) is 9.90. The normalized spacial score (nSPS) is 12.1. The van der Waals surface area contributed by atoms with Crippen molar-refractivity contribution in [2.45, 2.75) is 66.2 Å². The molecule has 0 bridgehead atoms. The van der Waals surface area contributed by atoms with E-state index in [0.717, 1.165) is 34.3 Å². The molecular weight excluding hydrogens is 360 g/mol. The van der Waals surface area contributed by atoms with Gasteiger partial charge in [-0.25, -0.2) is 19.6 Å². The number of nitrogens with zero attached hydrogens (tertiary/aromatic N) is 6. The Labute approximate surface area is 172 Å². The Hall–Kier alpha value is -3.07. The topological polar surface area (TPSA) is 80.3 Å². The first-order valence-corrected chi connectivity index (χ1v) is 9.75. The Bertz CT molecular complexity index is 1070. The second kappa shape index (κ2) is 7.07. The van der Waals surface area contributed by atoms with E-state index in [1.807, 2.05) is 42.8 Å². The van der Waals surface area contributed by atoms with Crippen LogP contribution in [-0.2, 0) is 10.8 Å². The maximum atomic E-state index is 9.59. The van der Waals surface area contributed by atoms with Crippen molar-refractivity contribution < 1.29 is 0 Å². The SMILES string of the molecule is Cc1cc(C)n(-c2cc(C#N)cc(-c3nc(C(C)(C)C)nc(C(C)(C)C)n3)c2)n1. The molecule has 29 heavy (non-hydrogen) atoms. The fourth-order valence-electron chi connectivity index (χ4n) is 2.99. The molecule has 2 aromatic heterocycles. The van der Waals surface area contributed by atoms with Crippen LogP contribution in [0.3, 0.4) is 0 Å². The van der Waals surface area contributed by atoms with Crippen molar-refractivity contribution in [3.05, 3.63) is 52.9 Å². The minimum Gasteiger partial charge on any atom is -0.238 e. The highest BCUT2D eigenvalue weighted by molar-refractivity contribution is 5.63. The fraction of sp³-hybridized carbons (Fsp3) is 0.435. The van der Waals surface area contributed by atoms with Crippen molar-refractivity contribution in [1.82, 2.24) is 24.7 Å². The summed E-state index contributed by atoms with van der Waals surface area (Å²) in [6.07, 6.45) is 0. The molecule has 0 saturated carbocycles. The van der Waals surface area contributed by atoms with Crippen molar-refractivity contribution in [1.29, 1.82) is 5.26 Å². The van der Waals surface area contributed by atoms with Crippen LogP contribution in [0.25, 0.3) is 17.1 Å². The summed E-state index contributed by atoms with van der Waals surface area (Å²) < 4.78 is 1.84. The average molecular weight is 389 g/mol. The number of hydrogen-bond acceptors (Lipinski definition) is 5. The molecule has 0 amide bonds. The van der Waals surface area contributed by atoms with Gasteiger partial charge in [-0.1, -0.05) is 41.5 Å². The molecular formula is C23H28N6. The number of benzene rings is 1. The Morgan fingerprint density at radius 3 is 1.86 bits per heavy atom. The Kier molecular flexibility index (Phi) is 5.04. The summed E-state index contributed by atoms with van der Waals surface area (Å²) in [7, 11) is 0. The van der Waals surface area contributed by atoms with Crippen LogP contribution in [0.5, 0.6) is 0 Å². The largest absolute Gasteiger partial charge is 0.238 e. The van der Waals surface area contributed by atoms with Crippen LogP contribution < -0.4 is 0 Å². The molecule has 0 spiro atoms. The molecule has 0 fully saturated rings. The molecule has 0 radical (unpaired) electrons. The van der Waals surface area contributed by atoms with E-state index in [2.05, 4.69) is 52.7 Å². The summed E-state index contributed by atoms with van der Waals surface area (Å²) in [5.41, 5.74) is 3.64. The van der Waals surface area contributed by atoms with Crippen LogP contribution in [-0.4, -0.2) is 24.7 Å². The number of aryl methyl sites for hydroxylation is 2. The van der Waals surface area contributed by atoms with Crippen molar-refractivity contribution in [3.63, 3.8) is 0 Å². The van der Waals surface area contributed by atoms with Crippen LogP contribution in [0, 0.1) is 25.2 Å². The van der Waals surface area contributed by atoms with E-state index in [1.54, 1.807) is 0 Å². The van der Waals surface area contributed by atoms with Gasteiger partial charge in [0.05, 0.1) is 23.0 Å². The summed E-state index contributed by atoms with van der Waals surface area (Å²) in [5, 5.41) is 14.1. The Balaban J connectivity index is 2.26. The van der Waals surface area contributed by atoms with Gasteiger partial charge >= 0.3 is 0 Å². The lowest BCUT2D eigenvalue weighted by atomic mass is 9.93. The Morgan fingerprint density at radius 2 is 1.41 bits per heavy atom. The van der Waals surface area contributed by atoms with E-state index in [-0.39, 0.29) is 10.8 Å². The molecule has 2 heterocycles. The maximum absolute atomic E-state index is 9.59. The fourth-order valence-corrected chi connectivity index (χ4v) is 2.99. The molecule has 150 valence electrons. The third kappa shape index (κ3) is 4.34. The zero-order chi connectivity index (χ0) is 21.6. The highest BCUT2D eigenvalue weighted by Crippen LogP contribution is 2.28. The predicted octanol–water partition coefficient (Wildman–Crippen LogP) is 4.81. The van der Waals surface area contributed by atoms with Gasteiger partial charge in [0.25, 0.3) is 0 Å². The number of hydrogen-bond donors (Lipinski definition) is 0. The van der Waals surface area contributed by atoms with E-state index in [1.165, 1.54) is 0 Å². The lowest BCUT2D eigenvalue weighted by molar-refractivity contribution is 0.497. The van der Waals surface area contributed by atoms with Gasteiger partial charge in [-0.2, -0.15) is 10.4 Å². The van der Waals surface area contributed by atoms with E-state index >= 15 is 0 Å². The molecule has 0 atom stereocenters. The predicted molar refractivity (Wildman–Crippen MR) is 114 cm³/mol. The molecule has 3 aromatic rings. The third-order valence-corrected chi connectivity index (χ3v) is 4.54. The van der Waals surface area contributed by atoms with Crippen molar-refractivity contribution in [3.8, 4) is 23.1 Å². The molecule has 0 N–H and O–H groups in total. The first kappa shape index (κ1) is 20.7. The number of aromatic nitrogens is 5. The van der Waals surface area contributed by atoms with Crippen LogP contribution in [0.4, 0.5) is 0 Å². The van der Waals surface area contributed by atoms with Crippen LogP contribution in [0.15, 0.2) is 24.3 Å². The second-order valence-corrected chi connectivity index (χ2v) is 9.53. The number of nitriles is 1. The minimum absolute atomic E-state index is 0.219. The van der Waals surface area contributed by atoms with E-state index in [4.69, 9.17) is 15.0 Å². The van der Waals surface area contributed by atoms with Gasteiger partial charge in [0.1, 0.15) is 11.6 Å². The van der Waals surface area contributed by atoms with E-state index in [9.17, 15) is 5.26 Å². The summed E-state index contributed by atoms with van der Waals surface area (Å²) in [5.74, 6) is 2.06. The molecule has 6 nitrogen and oxygen atoms in total. The highest BCUT2D eigenvalue weighted by Gasteiger charge is 2.25. The monoisotopic (exact) mass is 388 g/mol. The zero-order valence-electron chi connectivity index (χ0n) is 18.5. The van der Waals surface area contributed by atoms with Gasteiger partial charge in [0.2, 0.25) is 0 Å². The van der Waals surface area contributed by atoms with Crippen molar-refractivity contribution in [2.75, 3.05) is 0 Å². The molecule has 1 aromatic carbocycles. The highest BCUT2D eigenvalue weighted by atomic mass is 15.3. The van der Waals surface area contributed by atoms with Crippen LogP contribution >= 0.6 is 0 Å². The molecule has 6 heteroatoms. The van der Waals surface area contributed by atoms with Crippen LogP contribution in [0.1, 0.15) is 70.1 Å². The second-order valence-electron chi connectivity index (χ2n) is 9.53. The van der Waals surface area contributed by atoms with Crippen molar-refractivity contribution in [2.24, 2.45) is 0 Å². The van der Waals surface area contributed by atoms with Gasteiger partial charge in [-0.05, 0) is 38.1 Å². The quantitative estimate of drug-likeness (QED) is 0.629. The van der Waals surface area contributed by atoms with Gasteiger partial charge in [-0.15, -0.1) is 0 Å². The third-order valence-electron chi connectivity index (χ3n) is 4.54. The molecule has 0 aliphatic heterocycles. The van der Waals surface area contributed by atoms with Gasteiger partial charge in [-0.3, -0.25) is 0 Å². The smallest absolute Gasteiger partial charge is 0.163 e. The Morgan fingerprint density at radius 1 is 0.828 bits per heavy atom. The lowest BCUT2D eigenvalue weighted by Crippen LogP contribution is -2.24. The minimum atomic E-state index is -0.219. The summed E-state index contributed by atoms with van der Waals surface area (Å²) >= 11 is 0. The maximum Gasteiger partial charge on any atom is 0.163 e. The molecule has 0 saturated heterocycles. The average Bonchev–Trinajstić information content (AvgIpc) is 2.97. The van der Waals surface area contributed by atoms with E-state index < -0.39 is 0 Å². The summed E-state index contributed by atoms with van der Waals surface area (Å²) in [6.45, 7) is 16.5. The zero-order valence-corrected chi connectivity index (χ0v) is 18.5. The molecule has 3 rings (SSSR count). The molecule has 0 aliphatic carbocycles. The van der Waals surface area contributed by atoms with Gasteiger partial charge in [0.15, 0.2) is 5.82 Å². The summed E-state index contributed by atoms with van der Waals surface area (Å²) in [4.78, 5) is 14.3. The van der Waals surface area contributed by atoms with Crippen molar-refractivity contribution >= 4 is 0 Å². The van der Waals surface area contributed by atoms with Gasteiger partial charge in [0, 0.05) is 22.1 Å². The lowest BCUT2D eigenvalue weighted by Gasteiger charge is -2.22. The first-order valence-electron chi connectivity index (χ1n) is 9.75. The first-order chi connectivity index (χ1) is 13.4. The van der Waals surface area contributed by atoms with Crippen LogP contribution in [0.2, 0.25) is 0 Å².